The summed E-state index contributed by atoms with van der Waals surface area (Å²) in [6, 6.07) is 5.66. The fraction of sp³-hybridized carbons (Fsp3) is 0.600. The summed E-state index contributed by atoms with van der Waals surface area (Å²) in [6.45, 7) is 1.76. The number of carbonyl (C=O) groups is 2. The summed E-state index contributed by atoms with van der Waals surface area (Å²) >= 11 is 0. The van der Waals surface area contributed by atoms with Gasteiger partial charge in [0.2, 0.25) is 15.9 Å². The third-order valence-corrected chi connectivity index (χ3v) is 5.09. The number of anilines is 1. The predicted molar refractivity (Wildman–Crippen MR) is 125 cm³/mol. The number of benzene rings is 1. The molecule has 38 heavy (non-hydrogen) atoms. The van der Waals surface area contributed by atoms with Crippen LogP contribution in [0.15, 0.2) is 24.3 Å². The first-order chi connectivity index (χ1) is 17.8. The van der Waals surface area contributed by atoms with Gasteiger partial charge < -0.3 is 19.1 Å². The van der Waals surface area contributed by atoms with Crippen molar-refractivity contribution in [2.45, 2.75) is 26.0 Å². The molecule has 0 radical (unpaired) electrons. The molecular formula is C20H34N4O13S. The van der Waals surface area contributed by atoms with E-state index in [1.165, 1.54) is 29.2 Å². The van der Waals surface area contributed by atoms with Crippen LogP contribution in [0.2, 0.25) is 0 Å². The molecule has 1 atom stereocenters. The van der Waals surface area contributed by atoms with Crippen LogP contribution < -0.4 is 4.72 Å². The fourth-order valence-electron chi connectivity index (χ4n) is 2.92. The van der Waals surface area contributed by atoms with Crippen molar-refractivity contribution in [3.05, 3.63) is 29.8 Å². The molecule has 0 fully saturated rings. The van der Waals surface area contributed by atoms with E-state index in [2.05, 4.69) is 14.4 Å². The van der Waals surface area contributed by atoms with Crippen LogP contribution in [-0.4, -0.2) is 115 Å². The van der Waals surface area contributed by atoms with Gasteiger partial charge in [-0.2, -0.15) is 0 Å². The molecule has 1 aromatic carbocycles. The molecule has 5 N–H and O–H groups in total. The molecule has 218 valence electrons. The highest BCUT2D eigenvalue weighted by atomic mass is 32.2. The topological polar surface area (TPSA) is 217 Å². The van der Waals surface area contributed by atoms with Gasteiger partial charge in [0.05, 0.1) is 50.0 Å². The van der Waals surface area contributed by atoms with E-state index in [4.69, 9.17) is 35.0 Å². The van der Waals surface area contributed by atoms with E-state index in [1.54, 1.807) is 13.8 Å². The van der Waals surface area contributed by atoms with Crippen LogP contribution in [0.1, 0.15) is 25.5 Å². The van der Waals surface area contributed by atoms with Crippen molar-refractivity contribution in [1.29, 1.82) is 0 Å². The van der Waals surface area contributed by atoms with Crippen LogP contribution in [0.4, 0.5) is 5.69 Å². The minimum Gasteiger partial charge on any atom is -0.454 e. The number of hydrogen-bond donors (Lipinski definition) is 5. The molecule has 18 heteroatoms. The van der Waals surface area contributed by atoms with Crippen LogP contribution >= 0.6 is 0 Å². The Balaban J connectivity index is 2.92. The number of hydrogen-bond acceptors (Lipinski definition) is 15. The summed E-state index contributed by atoms with van der Waals surface area (Å²) in [5, 5.41) is 33.0. The van der Waals surface area contributed by atoms with E-state index >= 15 is 0 Å². The zero-order chi connectivity index (χ0) is 28.7. The summed E-state index contributed by atoms with van der Waals surface area (Å²) in [5.41, 5.74) is 0.735. The third kappa shape index (κ3) is 15.1. The lowest BCUT2D eigenvalue weighted by Gasteiger charge is -2.31. The molecule has 0 saturated carbocycles. The van der Waals surface area contributed by atoms with E-state index in [9.17, 15) is 18.0 Å². The summed E-state index contributed by atoms with van der Waals surface area (Å²) in [4.78, 5) is 35.3. The van der Waals surface area contributed by atoms with Crippen LogP contribution in [0.3, 0.4) is 0 Å². The maximum atomic E-state index is 12.8. The van der Waals surface area contributed by atoms with E-state index in [-0.39, 0.29) is 51.3 Å². The van der Waals surface area contributed by atoms with Gasteiger partial charge in [-0.15, -0.1) is 0 Å². The van der Waals surface area contributed by atoms with Gasteiger partial charge in [-0.25, -0.2) is 22.9 Å². The molecule has 1 amide bonds. The van der Waals surface area contributed by atoms with Crippen LogP contribution in [0, 0.1) is 0 Å². The molecule has 0 aromatic heterocycles. The first-order valence-electron chi connectivity index (χ1n) is 11.1. The van der Waals surface area contributed by atoms with Gasteiger partial charge >= 0.3 is 5.97 Å². The zero-order valence-corrected chi connectivity index (χ0v) is 21.9. The van der Waals surface area contributed by atoms with Gasteiger partial charge in [0.15, 0.2) is 0 Å². The monoisotopic (exact) mass is 570 g/mol. The lowest BCUT2D eigenvalue weighted by molar-refractivity contribution is -0.493. The smallest absolute Gasteiger partial charge is 0.332 e. The average Bonchev–Trinajstić information content (AvgIpc) is 2.80. The van der Waals surface area contributed by atoms with Crippen molar-refractivity contribution in [2.24, 2.45) is 0 Å². The van der Waals surface area contributed by atoms with Gasteiger partial charge in [-0.3, -0.25) is 30.3 Å². The molecular weight excluding hydrogens is 536 g/mol. The third-order valence-electron chi connectivity index (χ3n) is 4.48. The van der Waals surface area contributed by atoms with Crippen molar-refractivity contribution in [2.75, 3.05) is 57.2 Å². The average molecular weight is 571 g/mol. The van der Waals surface area contributed by atoms with E-state index in [0.717, 1.165) is 6.26 Å². The molecule has 0 aliphatic rings. The van der Waals surface area contributed by atoms with Crippen molar-refractivity contribution in [3.8, 4) is 0 Å². The van der Waals surface area contributed by atoms with Crippen molar-refractivity contribution >= 4 is 27.6 Å². The minimum atomic E-state index is -3.51. The van der Waals surface area contributed by atoms with E-state index in [0.29, 0.717) is 5.56 Å². The molecule has 0 heterocycles. The second kappa shape index (κ2) is 17.2. The number of carbonyl (C=O) groups excluding carboxylic acids is 2. The number of amides is 1. The van der Waals surface area contributed by atoms with E-state index < -0.39 is 45.4 Å². The highest BCUT2D eigenvalue weighted by molar-refractivity contribution is 7.92. The number of nitrogens with zero attached hydrogens (tertiary/aromatic N) is 3. The Kier molecular flexibility index (Phi) is 15.2. The fourth-order valence-corrected chi connectivity index (χ4v) is 3.48. The molecule has 0 aliphatic heterocycles. The number of nitrogens with one attached hydrogen (secondary N) is 1. The summed E-state index contributed by atoms with van der Waals surface area (Å²) in [7, 11) is -3.51. The maximum absolute atomic E-state index is 12.8. The largest absolute Gasteiger partial charge is 0.454 e. The Hall–Kier alpha value is -2.49. The molecule has 1 rings (SSSR count). The number of rotatable bonds is 19. The Morgan fingerprint density at radius 2 is 1.42 bits per heavy atom. The Labute approximate surface area is 219 Å². The van der Waals surface area contributed by atoms with Crippen LogP contribution in [0.25, 0.3) is 0 Å². The van der Waals surface area contributed by atoms with Gasteiger partial charge in [-0.1, -0.05) is 12.1 Å². The molecule has 0 aliphatic carbocycles. The van der Waals surface area contributed by atoms with Gasteiger partial charge in [-0.05, 0) is 31.5 Å². The van der Waals surface area contributed by atoms with Gasteiger partial charge in [0.1, 0.15) is 19.3 Å². The van der Waals surface area contributed by atoms with Crippen molar-refractivity contribution in [1.82, 2.24) is 15.7 Å². The summed E-state index contributed by atoms with van der Waals surface area (Å²) in [6.07, 6.45) is 0.0195. The van der Waals surface area contributed by atoms with Gasteiger partial charge in [0, 0.05) is 11.7 Å². The number of esters is 1. The molecule has 0 spiro atoms. The SMILES string of the molecule is CC(C)N(CC(OC(=O)COCCON(O)O)c1ccc(NS(C)(=O)=O)cc1)C(=O)COCCON(O)O. The second-order valence-corrected chi connectivity index (χ2v) is 9.64. The number of sulfonamides is 1. The normalized spacial score (nSPS) is 12.7. The highest BCUT2D eigenvalue weighted by Crippen LogP contribution is 2.23. The predicted octanol–water partition coefficient (Wildman–Crippen LogP) is -0.0634. The Bertz CT molecular complexity index is 945. The second-order valence-electron chi connectivity index (χ2n) is 7.89. The summed E-state index contributed by atoms with van der Waals surface area (Å²) < 4.78 is 41.1. The Morgan fingerprint density at radius 3 is 1.89 bits per heavy atom. The highest BCUT2D eigenvalue weighted by Gasteiger charge is 2.26. The van der Waals surface area contributed by atoms with Crippen molar-refractivity contribution < 1.29 is 62.7 Å². The first kappa shape index (κ1) is 33.5. The van der Waals surface area contributed by atoms with Crippen LogP contribution in [0.5, 0.6) is 0 Å². The van der Waals surface area contributed by atoms with Crippen LogP contribution in [-0.2, 0) is 43.5 Å². The van der Waals surface area contributed by atoms with Crippen molar-refractivity contribution in [3.63, 3.8) is 0 Å². The maximum Gasteiger partial charge on any atom is 0.332 e. The molecule has 17 nitrogen and oxygen atoms in total. The molecule has 1 unspecified atom stereocenters. The first-order valence-corrected chi connectivity index (χ1v) is 13.0. The molecule has 1 aromatic rings. The lowest BCUT2D eigenvalue weighted by Crippen LogP contribution is -2.43. The lowest BCUT2D eigenvalue weighted by atomic mass is 10.1. The summed E-state index contributed by atoms with van der Waals surface area (Å²) in [5.74, 6) is -1.24. The molecule has 0 saturated heterocycles. The standard InChI is InChI=1S/C20H34N4O13S/c1-15(2)22(19(25)13-33-8-10-35-23(27)28)12-18(37-20(26)14-34-9-11-36-24(29)30)16-4-6-17(7-5-16)21-38(3,31)32/h4-7,15,18,21,27-30H,8-14H2,1-3H3. The zero-order valence-electron chi connectivity index (χ0n) is 21.1. The number of ether oxygens (including phenoxy) is 3. The molecule has 0 bridgehead atoms. The van der Waals surface area contributed by atoms with E-state index in [1.807, 2.05) is 0 Å². The quantitative estimate of drug-likeness (QED) is 0.0836. The Morgan fingerprint density at radius 1 is 0.895 bits per heavy atom. The minimum absolute atomic E-state index is 0.0882. The van der Waals surface area contributed by atoms with Gasteiger partial charge in [0.25, 0.3) is 0 Å².